The van der Waals surface area contributed by atoms with E-state index in [0.29, 0.717) is 54.5 Å². The molecular weight excluding hydrogens is 340 g/mol. The summed E-state index contributed by atoms with van der Waals surface area (Å²) in [4.78, 5) is 12.2. The van der Waals surface area contributed by atoms with Gasteiger partial charge in [-0.2, -0.15) is 0 Å². The van der Waals surface area contributed by atoms with E-state index in [1.807, 2.05) is 12.1 Å². The fourth-order valence-electron chi connectivity index (χ4n) is 3.55. The van der Waals surface area contributed by atoms with Crippen molar-refractivity contribution in [1.29, 1.82) is 0 Å². The zero-order chi connectivity index (χ0) is 17.6. The zero-order valence-corrected chi connectivity index (χ0v) is 15.5. The summed E-state index contributed by atoms with van der Waals surface area (Å²) < 4.78 is 11.1. The third-order valence-electron chi connectivity index (χ3n) is 5.04. The fourth-order valence-corrected chi connectivity index (χ4v) is 3.84. The lowest BCUT2D eigenvalue weighted by Crippen LogP contribution is -2.36. The topological polar surface area (TPSA) is 59.6 Å². The van der Waals surface area contributed by atoms with Gasteiger partial charge in [0.05, 0.1) is 5.02 Å². The first-order chi connectivity index (χ1) is 12.1. The number of fused-ring (bicyclic) bond motifs is 1. The Bertz CT molecular complexity index is 603. The highest BCUT2D eigenvalue weighted by Crippen LogP contribution is 2.38. The van der Waals surface area contributed by atoms with E-state index in [4.69, 9.17) is 21.1 Å². The van der Waals surface area contributed by atoms with E-state index in [9.17, 15) is 4.79 Å². The SMILES string of the molecule is CC(CC(=O)NCCc1cc(Cl)c2c(c1)OCCO2)C1CCCNC1. The number of nitrogens with one attached hydrogen (secondary N) is 2. The highest BCUT2D eigenvalue weighted by molar-refractivity contribution is 6.32. The van der Waals surface area contributed by atoms with Crippen molar-refractivity contribution in [1.82, 2.24) is 10.6 Å². The molecule has 1 amide bonds. The van der Waals surface area contributed by atoms with E-state index >= 15 is 0 Å². The minimum Gasteiger partial charge on any atom is -0.486 e. The predicted octanol–water partition coefficient (Wildman–Crippen LogP) is 2.80. The number of piperidine rings is 1. The summed E-state index contributed by atoms with van der Waals surface area (Å²) >= 11 is 6.25. The van der Waals surface area contributed by atoms with Gasteiger partial charge >= 0.3 is 0 Å². The second kappa shape index (κ2) is 8.77. The number of carbonyl (C=O) groups is 1. The fraction of sp³-hybridized carbons (Fsp3) is 0.632. The number of hydrogen-bond donors (Lipinski definition) is 2. The Morgan fingerprint density at radius 2 is 2.24 bits per heavy atom. The van der Waals surface area contributed by atoms with E-state index in [-0.39, 0.29) is 5.91 Å². The summed E-state index contributed by atoms with van der Waals surface area (Å²) in [5.41, 5.74) is 1.04. The van der Waals surface area contributed by atoms with Gasteiger partial charge in [-0.1, -0.05) is 18.5 Å². The van der Waals surface area contributed by atoms with E-state index in [1.54, 1.807) is 0 Å². The van der Waals surface area contributed by atoms with Crippen LogP contribution in [0.5, 0.6) is 11.5 Å². The Labute approximate surface area is 154 Å². The molecule has 1 aromatic carbocycles. The maximum atomic E-state index is 12.2. The molecule has 1 aromatic rings. The average Bonchev–Trinajstić information content (AvgIpc) is 2.62. The monoisotopic (exact) mass is 366 g/mol. The first kappa shape index (κ1) is 18.3. The Balaban J connectivity index is 1.44. The Hall–Kier alpha value is -1.46. The van der Waals surface area contributed by atoms with Crippen molar-refractivity contribution in [3.63, 3.8) is 0 Å². The largest absolute Gasteiger partial charge is 0.486 e. The molecule has 0 aliphatic carbocycles. The first-order valence-corrected chi connectivity index (χ1v) is 9.56. The van der Waals surface area contributed by atoms with Crippen LogP contribution in [-0.2, 0) is 11.2 Å². The van der Waals surface area contributed by atoms with Crippen LogP contribution in [0.25, 0.3) is 0 Å². The van der Waals surface area contributed by atoms with Crippen molar-refractivity contribution in [3.8, 4) is 11.5 Å². The van der Waals surface area contributed by atoms with E-state index in [1.165, 1.54) is 12.8 Å². The van der Waals surface area contributed by atoms with Gasteiger partial charge < -0.3 is 20.1 Å². The molecule has 2 atom stereocenters. The standard InChI is InChI=1S/C19H27ClN2O3/c1-13(15-3-2-5-21-12-15)9-18(23)22-6-4-14-10-16(20)19-17(11-14)24-7-8-25-19/h10-11,13,15,21H,2-9,12H2,1H3,(H,22,23). The van der Waals surface area contributed by atoms with Gasteiger partial charge in [-0.05, 0) is 61.9 Å². The second-order valence-corrected chi connectivity index (χ2v) is 7.40. The Morgan fingerprint density at radius 3 is 3.04 bits per heavy atom. The lowest BCUT2D eigenvalue weighted by molar-refractivity contribution is -0.122. The van der Waals surface area contributed by atoms with Gasteiger partial charge in [-0.25, -0.2) is 0 Å². The number of rotatable bonds is 6. The summed E-state index contributed by atoms with van der Waals surface area (Å²) in [6.07, 6.45) is 3.74. The number of hydrogen-bond acceptors (Lipinski definition) is 4. The molecule has 2 heterocycles. The normalized spacial score (nSPS) is 20.8. The van der Waals surface area contributed by atoms with Crippen LogP contribution >= 0.6 is 11.6 Å². The van der Waals surface area contributed by atoms with Crippen LogP contribution in [0.2, 0.25) is 5.02 Å². The molecule has 0 radical (unpaired) electrons. The molecule has 1 saturated heterocycles. The Morgan fingerprint density at radius 1 is 1.40 bits per heavy atom. The third kappa shape index (κ3) is 5.02. The van der Waals surface area contributed by atoms with Crippen LogP contribution < -0.4 is 20.1 Å². The van der Waals surface area contributed by atoms with E-state index < -0.39 is 0 Å². The number of carbonyl (C=O) groups excluding carboxylic acids is 1. The molecule has 1 fully saturated rings. The maximum absolute atomic E-state index is 12.2. The summed E-state index contributed by atoms with van der Waals surface area (Å²) in [5, 5.41) is 7.01. The smallest absolute Gasteiger partial charge is 0.220 e. The molecule has 0 bridgehead atoms. The average molecular weight is 367 g/mol. The first-order valence-electron chi connectivity index (χ1n) is 9.19. The quantitative estimate of drug-likeness (QED) is 0.812. The molecule has 138 valence electrons. The van der Waals surface area contributed by atoms with Crippen LogP contribution in [0, 0.1) is 11.8 Å². The van der Waals surface area contributed by atoms with Crippen molar-refractivity contribution in [3.05, 3.63) is 22.7 Å². The van der Waals surface area contributed by atoms with Crippen LogP contribution in [0.4, 0.5) is 0 Å². The molecule has 2 aliphatic rings. The van der Waals surface area contributed by atoms with Gasteiger partial charge in [0, 0.05) is 13.0 Å². The summed E-state index contributed by atoms with van der Waals surface area (Å²) in [5.74, 6) is 2.46. The van der Waals surface area contributed by atoms with Gasteiger partial charge in [0.25, 0.3) is 0 Å². The summed E-state index contributed by atoms with van der Waals surface area (Å²) in [6.45, 7) is 5.98. The van der Waals surface area contributed by atoms with Gasteiger partial charge in [-0.15, -0.1) is 0 Å². The van der Waals surface area contributed by atoms with Crippen molar-refractivity contribution in [2.45, 2.75) is 32.6 Å². The summed E-state index contributed by atoms with van der Waals surface area (Å²) in [7, 11) is 0. The van der Waals surface area contributed by atoms with Crippen LogP contribution in [0.3, 0.4) is 0 Å². The van der Waals surface area contributed by atoms with Gasteiger partial charge in [0.2, 0.25) is 5.91 Å². The summed E-state index contributed by atoms with van der Waals surface area (Å²) in [6, 6.07) is 3.83. The molecule has 6 heteroatoms. The highest BCUT2D eigenvalue weighted by Gasteiger charge is 2.22. The third-order valence-corrected chi connectivity index (χ3v) is 5.32. The predicted molar refractivity (Wildman–Crippen MR) is 98.5 cm³/mol. The number of halogens is 1. The van der Waals surface area contributed by atoms with Crippen molar-refractivity contribution >= 4 is 17.5 Å². The van der Waals surface area contributed by atoms with E-state index in [0.717, 1.165) is 25.1 Å². The molecule has 0 aromatic heterocycles. The van der Waals surface area contributed by atoms with Crippen LogP contribution in [0.1, 0.15) is 31.7 Å². The Kier molecular flexibility index (Phi) is 6.43. The van der Waals surface area contributed by atoms with E-state index in [2.05, 4.69) is 17.6 Å². The number of benzene rings is 1. The van der Waals surface area contributed by atoms with Crippen molar-refractivity contribution in [2.24, 2.45) is 11.8 Å². The van der Waals surface area contributed by atoms with Crippen molar-refractivity contribution in [2.75, 3.05) is 32.8 Å². The van der Waals surface area contributed by atoms with Crippen molar-refractivity contribution < 1.29 is 14.3 Å². The van der Waals surface area contributed by atoms with Gasteiger partial charge in [0.15, 0.2) is 11.5 Å². The molecule has 5 nitrogen and oxygen atoms in total. The lowest BCUT2D eigenvalue weighted by Gasteiger charge is -2.28. The molecule has 2 aliphatic heterocycles. The zero-order valence-electron chi connectivity index (χ0n) is 14.8. The minimum absolute atomic E-state index is 0.127. The molecule has 2 N–H and O–H groups in total. The molecule has 25 heavy (non-hydrogen) atoms. The van der Waals surface area contributed by atoms with Gasteiger partial charge in [-0.3, -0.25) is 4.79 Å². The minimum atomic E-state index is 0.127. The second-order valence-electron chi connectivity index (χ2n) is 6.99. The molecule has 0 saturated carbocycles. The number of amides is 1. The molecule has 0 spiro atoms. The lowest BCUT2D eigenvalue weighted by atomic mass is 9.85. The molecule has 2 unspecified atom stereocenters. The van der Waals surface area contributed by atoms with Gasteiger partial charge in [0.1, 0.15) is 13.2 Å². The maximum Gasteiger partial charge on any atom is 0.220 e. The number of ether oxygens (including phenoxy) is 2. The van der Waals surface area contributed by atoms with Crippen LogP contribution in [0.15, 0.2) is 12.1 Å². The highest BCUT2D eigenvalue weighted by atomic mass is 35.5. The van der Waals surface area contributed by atoms with Crippen LogP contribution in [-0.4, -0.2) is 38.8 Å². The molecule has 3 rings (SSSR count). The molecular formula is C19H27ClN2O3.